The minimum atomic E-state index is -0.579. The van der Waals surface area contributed by atoms with Crippen molar-refractivity contribution in [2.45, 2.75) is 6.92 Å². The van der Waals surface area contributed by atoms with Gasteiger partial charge in [0.2, 0.25) is 0 Å². The van der Waals surface area contributed by atoms with Crippen molar-refractivity contribution in [1.29, 1.82) is 0 Å². The number of rotatable bonds is 2. The molecule has 0 unspecified atom stereocenters. The molecule has 0 spiro atoms. The van der Waals surface area contributed by atoms with Crippen LogP contribution in [0.4, 0.5) is 0 Å². The van der Waals surface area contributed by atoms with Gasteiger partial charge in [-0.05, 0) is 31.3 Å². The number of amides is 2. The summed E-state index contributed by atoms with van der Waals surface area (Å²) in [5.74, 6) is -1.18. The van der Waals surface area contributed by atoms with Gasteiger partial charge in [0, 0.05) is 5.57 Å². The first-order valence-electron chi connectivity index (χ1n) is 5.27. The van der Waals surface area contributed by atoms with E-state index in [0.29, 0.717) is 0 Å². The van der Waals surface area contributed by atoms with Gasteiger partial charge in [-0.15, -0.1) is 0 Å². The Hall–Kier alpha value is -2.41. The number of hydrazine groups is 1. The molecule has 0 saturated heterocycles. The Morgan fingerprint density at radius 2 is 1.89 bits per heavy atom. The highest BCUT2D eigenvalue weighted by molar-refractivity contribution is 7.80. The summed E-state index contributed by atoms with van der Waals surface area (Å²) in [4.78, 5) is 22.9. The zero-order valence-electron chi connectivity index (χ0n) is 10.2. The molecule has 0 aromatic heterocycles. The molecule has 7 heteroatoms. The third-order valence-electron chi connectivity index (χ3n) is 2.05. The van der Waals surface area contributed by atoms with Gasteiger partial charge in [0.1, 0.15) is 5.75 Å². The van der Waals surface area contributed by atoms with Crippen molar-refractivity contribution in [2.24, 2.45) is 0 Å². The number of hydrogen-bond donors (Lipinski definition) is 4. The Labute approximate surface area is 115 Å². The summed E-state index contributed by atoms with van der Waals surface area (Å²) in [6.07, 6.45) is 0. The topological polar surface area (TPSA) is 90.5 Å². The van der Waals surface area contributed by atoms with Crippen LogP contribution in [0, 0.1) is 0 Å². The maximum Gasteiger partial charge on any atom is 0.273 e. The van der Waals surface area contributed by atoms with E-state index in [1.807, 2.05) is 0 Å². The van der Waals surface area contributed by atoms with Gasteiger partial charge in [-0.2, -0.15) is 0 Å². The summed E-state index contributed by atoms with van der Waals surface area (Å²) >= 11 is 4.79. The van der Waals surface area contributed by atoms with Crippen molar-refractivity contribution >= 4 is 29.1 Å². The predicted octanol–water partition coefficient (Wildman–Crippen LogP) is 0.604. The van der Waals surface area contributed by atoms with Crippen molar-refractivity contribution in [2.75, 3.05) is 0 Å². The van der Waals surface area contributed by atoms with Crippen LogP contribution in [0.1, 0.15) is 17.3 Å². The minimum Gasteiger partial charge on any atom is -0.507 e. The lowest BCUT2D eigenvalue weighted by molar-refractivity contribution is -0.116. The normalized spacial score (nSPS) is 9.32. The van der Waals surface area contributed by atoms with Gasteiger partial charge in [-0.3, -0.25) is 25.8 Å². The van der Waals surface area contributed by atoms with Crippen molar-refractivity contribution in [3.8, 4) is 5.75 Å². The van der Waals surface area contributed by atoms with Gasteiger partial charge in [0.15, 0.2) is 5.11 Å². The van der Waals surface area contributed by atoms with Gasteiger partial charge in [0.25, 0.3) is 11.8 Å². The maximum atomic E-state index is 11.7. The number of phenols is 1. The molecule has 0 heterocycles. The van der Waals surface area contributed by atoms with Crippen LogP contribution in [0.15, 0.2) is 36.4 Å². The Morgan fingerprint density at radius 3 is 2.47 bits per heavy atom. The number of para-hydroxylation sites is 1. The highest BCUT2D eigenvalue weighted by Gasteiger charge is 2.10. The maximum absolute atomic E-state index is 11.7. The summed E-state index contributed by atoms with van der Waals surface area (Å²) in [7, 11) is 0. The number of benzene rings is 1. The number of carbonyl (C=O) groups is 2. The smallest absolute Gasteiger partial charge is 0.273 e. The van der Waals surface area contributed by atoms with Crippen molar-refractivity contribution in [3.63, 3.8) is 0 Å². The number of hydrogen-bond acceptors (Lipinski definition) is 4. The quantitative estimate of drug-likeness (QED) is 0.362. The molecule has 0 aliphatic carbocycles. The molecule has 0 aliphatic rings. The van der Waals surface area contributed by atoms with E-state index < -0.39 is 11.8 Å². The van der Waals surface area contributed by atoms with E-state index in [0.717, 1.165) is 0 Å². The Kier molecular flexibility index (Phi) is 5.01. The third kappa shape index (κ3) is 4.40. The fourth-order valence-electron chi connectivity index (χ4n) is 1.09. The summed E-state index contributed by atoms with van der Waals surface area (Å²) in [6, 6.07) is 6.03. The van der Waals surface area contributed by atoms with E-state index in [2.05, 4.69) is 22.7 Å². The molecule has 4 N–H and O–H groups in total. The number of thiocarbonyl (C=S) groups is 1. The molecule has 0 saturated carbocycles. The second-order valence-electron chi connectivity index (χ2n) is 3.66. The first-order chi connectivity index (χ1) is 8.91. The Morgan fingerprint density at radius 1 is 1.26 bits per heavy atom. The molecular weight excluding hydrogens is 266 g/mol. The van der Waals surface area contributed by atoms with E-state index in [1.54, 1.807) is 12.1 Å². The Bertz CT molecular complexity index is 543. The molecule has 0 fully saturated rings. The molecule has 0 radical (unpaired) electrons. The van der Waals surface area contributed by atoms with E-state index in [9.17, 15) is 14.7 Å². The summed E-state index contributed by atoms with van der Waals surface area (Å²) < 4.78 is 0. The van der Waals surface area contributed by atoms with Crippen LogP contribution in [0.3, 0.4) is 0 Å². The van der Waals surface area contributed by atoms with Crippen LogP contribution in [0.2, 0.25) is 0 Å². The highest BCUT2D eigenvalue weighted by Crippen LogP contribution is 2.14. The molecule has 6 nitrogen and oxygen atoms in total. The fraction of sp³-hybridized carbons (Fsp3) is 0.0833. The SMILES string of the molecule is C=C(C)C(=O)NC(=S)NNC(=O)c1ccccc1O. The standard InChI is InChI=1S/C12H13N3O3S/c1-7(2)10(17)13-12(19)15-14-11(18)8-5-3-4-6-9(8)16/h3-6,16H,1H2,2H3,(H,14,18)(H2,13,15,17,19). The second-order valence-corrected chi connectivity index (χ2v) is 4.07. The number of nitrogens with one attached hydrogen (secondary N) is 3. The van der Waals surface area contributed by atoms with E-state index >= 15 is 0 Å². The van der Waals surface area contributed by atoms with Gasteiger partial charge < -0.3 is 5.11 Å². The first kappa shape index (κ1) is 14.7. The van der Waals surface area contributed by atoms with E-state index in [4.69, 9.17) is 12.2 Å². The molecule has 0 aliphatic heterocycles. The molecule has 1 rings (SSSR count). The fourth-order valence-corrected chi connectivity index (χ4v) is 1.23. The zero-order chi connectivity index (χ0) is 14.4. The number of aromatic hydroxyl groups is 1. The molecule has 2 amide bonds. The summed E-state index contributed by atoms with van der Waals surface area (Å²) in [5, 5.41) is 11.7. The molecule has 19 heavy (non-hydrogen) atoms. The van der Waals surface area contributed by atoms with Crippen molar-refractivity contribution in [3.05, 3.63) is 42.0 Å². The molecule has 1 aromatic rings. The van der Waals surface area contributed by atoms with Crippen molar-refractivity contribution in [1.82, 2.24) is 16.2 Å². The van der Waals surface area contributed by atoms with Gasteiger partial charge >= 0.3 is 0 Å². The van der Waals surface area contributed by atoms with Crippen LogP contribution in [0.5, 0.6) is 5.75 Å². The van der Waals surface area contributed by atoms with Crippen LogP contribution in [-0.2, 0) is 4.79 Å². The number of carbonyl (C=O) groups excluding carboxylic acids is 2. The summed E-state index contributed by atoms with van der Waals surface area (Å²) in [6.45, 7) is 4.97. The molecule has 0 atom stereocenters. The minimum absolute atomic E-state index is 0.0724. The number of phenolic OH excluding ortho intramolecular Hbond substituents is 1. The zero-order valence-corrected chi connectivity index (χ0v) is 11.0. The third-order valence-corrected chi connectivity index (χ3v) is 2.26. The monoisotopic (exact) mass is 279 g/mol. The second kappa shape index (κ2) is 6.50. The van der Waals surface area contributed by atoms with Gasteiger partial charge in [-0.1, -0.05) is 18.7 Å². The first-order valence-corrected chi connectivity index (χ1v) is 5.68. The van der Waals surface area contributed by atoms with E-state index in [-0.39, 0.29) is 22.0 Å². The van der Waals surface area contributed by atoms with Crippen LogP contribution < -0.4 is 16.2 Å². The average Bonchev–Trinajstić information content (AvgIpc) is 2.36. The van der Waals surface area contributed by atoms with Crippen LogP contribution in [0.25, 0.3) is 0 Å². The van der Waals surface area contributed by atoms with Crippen molar-refractivity contribution < 1.29 is 14.7 Å². The van der Waals surface area contributed by atoms with Crippen LogP contribution in [-0.4, -0.2) is 22.0 Å². The average molecular weight is 279 g/mol. The molecular formula is C12H13N3O3S. The highest BCUT2D eigenvalue weighted by atomic mass is 32.1. The summed E-state index contributed by atoms with van der Waals surface area (Å²) in [5.41, 5.74) is 4.97. The molecule has 1 aromatic carbocycles. The van der Waals surface area contributed by atoms with E-state index in [1.165, 1.54) is 19.1 Å². The van der Waals surface area contributed by atoms with Gasteiger partial charge in [0.05, 0.1) is 5.56 Å². The lowest BCUT2D eigenvalue weighted by Crippen LogP contribution is -2.48. The largest absolute Gasteiger partial charge is 0.507 e. The lowest BCUT2D eigenvalue weighted by Gasteiger charge is -2.11. The van der Waals surface area contributed by atoms with Crippen LogP contribution >= 0.6 is 12.2 Å². The molecule has 100 valence electrons. The lowest BCUT2D eigenvalue weighted by atomic mass is 10.2. The predicted molar refractivity (Wildman–Crippen MR) is 74.3 cm³/mol. The van der Waals surface area contributed by atoms with Gasteiger partial charge in [-0.25, -0.2) is 0 Å². The molecule has 0 bridgehead atoms. The Balaban J connectivity index is 2.52.